The van der Waals surface area contributed by atoms with Crippen LogP contribution in [0.2, 0.25) is 0 Å². The SMILES string of the molecule is Cc1ccc(C2CC(NCC3(O)CCC3)C2)cc1. The third-order valence-electron chi connectivity index (χ3n) is 4.69. The molecule has 0 aromatic heterocycles. The van der Waals surface area contributed by atoms with Crippen molar-refractivity contribution in [2.45, 2.75) is 56.6 Å². The highest BCUT2D eigenvalue weighted by Crippen LogP contribution is 2.38. The molecule has 2 fully saturated rings. The summed E-state index contributed by atoms with van der Waals surface area (Å²) in [5, 5.41) is 13.6. The summed E-state index contributed by atoms with van der Waals surface area (Å²) < 4.78 is 0. The lowest BCUT2D eigenvalue weighted by Crippen LogP contribution is -2.51. The van der Waals surface area contributed by atoms with Gasteiger partial charge in [-0.3, -0.25) is 0 Å². The second-order valence-electron chi connectivity index (χ2n) is 6.23. The molecule has 2 aliphatic carbocycles. The molecule has 0 amide bonds. The topological polar surface area (TPSA) is 32.3 Å². The molecule has 0 bridgehead atoms. The standard InChI is InChI=1S/C16H23NO/c1-12-3-5-13(6-4-12)14-9-15(10-14)17-11-16(18)7-2-8-16/h3-6,14-15,17-18H,2,7-11H2,1H3. The maximum absolute atomic E-state index is 10.0. The summed E-state index contributed by atoms with van der Waals surface area (Å²) in [6, 6.07) is 9.53. The molecule has 1 aromatic carbocycles. The van der Waals surface area contributed by atoms with Crippen LogP contribution in [-0.4, -0.2) is 23.3 Å². The first kappa shape index (κ1) is 12.2. The number of benzene rings is 1. The molecule has 0 aliphatic heterocycles. The summed E-state index contributed by atoms with van der Waals surface area (Å²) in [6.07, 6.45) is 5.59. The van der Waals surface area contributed by atoms with Gasteiger partial charge < -0.3 is 10.4 Å². The minimum atomic E-state index is -0.380. The van der Waals surface area contributed by atoms with E-state index < -0.39 is 0 Å². The number of aliphatic hydroxyl groups is 1. The molecular weight excluding hydrogens is 222 g/mol. The second-order valence-corrected chi connectivity index (χ2v) is 6.23. The Bertz CT molecular complexity index is 402. The van der Waals surface area contributed by atoms with Gasteiger partial charge in [0.25, 0.3) is 0 Å². The van der Waals surface area contributed by atoms with E-state index in [0.29, 0.717) is 6.04 Å². The van der Waals surface area contributed by atoms with Gasteiger partial charge in [-0.05, 0) is 50.5 Å². The monoisotopic (exact) mass is 245 g/mol. The lowest BCUT2D eigenvalue weighted by atomic mass is 9.74. The lowest BCUT2D eigenvalue weighted by molar-refractivity contribution is -0.0354. The van der Waals surface area contributed by atoms with E-state index in [4.69, 9.17) is 0 Å². The molecule has 0 saturated heterocycles. The Labute approximate surface area is 109 Å². The summed E-state index contributed by atoms with van der Waals surface area (Å²) >= 11 is 0. The first-order valence-electron chi connectivity index (χ1n) is 7.17. The molecule has 1 aromatic rings. The molecule has 2 saturated carbocycles. The molecule has 0 spiro atoms. The van der Waals surface area contributed by atoms with Gasteiger partial charge in [-0.2, -0.15) is 0 Å². The lowest BCUT2D eigenvalue weighted by Gasteiger charge is -2.42. The maximum Gasteiger partial charge on any atom is 0.0771 e. The van der Waals surface area contributed by atoms with Gasteiger partial charge in [-0.1, -0.05) is 29.8 Å². The van der Waals surface area contributed by atoms with Crippen LogP contribution in [0.15, 0.2) is 24.3 Å². The minimum absolute atomic E-state index is 0.380. The highest BCUT2D eigenvalue weighted by atomic mass is 16.3. The van der Waals surface area contributed by atoms with Crippen LogP contribution < -0.4 is 5.32 Å². The van der Waals surface area contributed by atoms with Crippen molar-refractivity contribution < 1.29 is 5.11 Å². The Kier molecular flexibility index (Phi) is 3.16. The van der Waals surface area contributed by atoms with Crippen LogP contribution in [0.1, 0.15) is 49.1 Å². The van der Waals surface area contributed by atoms with E-state index in [0.717, 1.165) is 25.3 Å². The van der Waals surface area contributed by atoms with Gasteiger partial charge in [0.1, 0.15) is 0 Å². The van der Waals surface area contributed by atoms with Crippen molar-refractivity contribution >= 4 is 0 Å². The van der Waals surface area contributed by atoms with Crippen molar-refractivity contribution in [3.63, 3.8) is 0 Å². The number of hydrogen-bond donors (Lipinski definition) is 2. The third kappa shape index (κ3) is 2.45. The molecule has 0 radical (unpaired) electrons. The molecule has 2 aliphatic rings. The van der Waals surface area contributed by atoms with Crippen LogP contribution >= 0.6 is 0 Å². The van der Waals surface area contributed by atoms with E-state index in [-0.39, 0.29) is 5.60 Å². The number of nitrogens with one attached hydrogen (secondary N) is 1. The average Bonchev–Trinajstić information content (AvgIpc) is 2.27. The second kappa shape index (κ2) is 4.67. The van der Waals surface area contributed by atoms with Gasteiger partial charge in [-0.15, -0.1) is 0 Å². The zero-order valence-corrected chi connectivity index (χ0v) is 11.2. The van der Waals surface area contributed by atoms with Crippen molar-refractivity contribution in [2.75, 3.05) is 6.54 Å². The van der Waals surface area contributed by atoms with Gasteiger partial charge in [0.15, 0.2) is 0 Å². The number of aryl methyl sites for hydroxylation is 1. The Morgan fingerprint density at radius 1 is 1.22 bits per heavy atom. The maximum atomic E-state index is 10.0. The van der Waals surface area contributed by atoms with Crippen molar-refractivity contribution in [1.82, 2.24) is 5.32 Å². The predicted octanol–water partition coefficient (Wildman–Crippen LogP) is 2.75. The Morgan fingerprint density at radius 3 is 2.44 bits per heavy atom. The molecule has 0 unspecified atom stereocenters. The van der Waals surface area contributed by atoms with Crippen LogP contribution in [0.4, 0.5) is 0 Å². The zero-order valence-electron chi connectivity index (χ0n) is 11.2. The van der Waals surface area contributed by atoms with Crippen LogP contribution in [0.3, 0.4) is 0 Å². The summed E-state index contributed by atoms with van der Waals surface area (Å²) in [7, 11) is 0. The van der Waals surface area contributed by atoms with Crippen LogP contribution in [0.25, 0.3) is 0 Å². The summed E-state index contributed by atoms with van der Waals surface area (Å²) in [5.41, 5.74) is 2.43. The number of rotatable bonds is 4. The molecule has 98 valence electrons. The first-order valence-corrected chi connectivity index (χ1v) is 7.17. The summed E-state index contributed by atoms with van der Waals surface area (Å²) in [5.74, 6) is 0.721. The van der Waals surface area contributed by atoms with E-state index in [9.17, 15) is 5.11 Å². The van der Waals surface area contributed by atoms with E-state index in [1.54, 1.807) is 0 Å². The average molecular weight is 245 g/mol. The molecule has 18 heavy (non-hydrogen) atoms. The third-order valence-corrected chi connectivity index (χ3v) is 4.69. The largest absolute Gasteiger partial charge is 0.389 e. The highest BCUT2D eigenvalue weighted by molar-refractivity contribution is 5.26. The Hall–Kier alpha value is -0.860. The molecule has 3 rings (SSSR count). The van der Waals surface area contributed by atoms with Gasteiger partial charge >= 0.3 is 0 Å². The summed E-state index contributed by atoms with van der Waals surface area (Å²) in [6.45, 7) is 2.92. The first-order chi connectivity index (χ1) is 8.65. The Morgan fingerprint density at radius 2 is 1.89 bits per heavy atom. The van der Waals surface area contributed by atoms with Gasteiger partial charge in [-0.25, -0.2) is 0 Å². The molecular formula is C16H23NO. The smallest absolute Gasteiger partial charge is 0.0771 e. The van der Waals surface area contributed by atoms with Gasteiger partial charge in [0, 0.05) is 12.6 Å². The zero-order chi connectivity index (χ0) is 12.6. The van der Waals surface area contributed by atoms with Crippen LogP contribution in [0.5, 0.6) is 0 Å². The van der Waals surface area contributed by atoms with Gasteiger partial charge in [0.05, 0.1) is 5.60 Å². The fourth-order valence-corrected chi connectivity index (χ4v) is 2.99. The van der Waals surface area contributed by atoms with Gasteiger partial charge in [0.2, 0.25) is 0 Å². The van der Waals surface area contributed by atoms with Crippen molar-refractivity contribution in [3.8, 4) is 0 Å². The fourth-order valence-electron chi connectivity index (χ4n) is 2.99. The minimum Gasteiger partial charge on any atom is -0.389 e. The predicted molar refractivity (Wildman–Crippen MR) is 73.7 cm³/mol. The molecule has 0 heterocycles. The molecule has 2 heteroatoms. The van der Waals surface area contributed by atoms with Crippen molar-refractivity contribution in [2.24, 2.45) is 0 Å². The van der Waals surface area contributed by atoms with Crippen molar-refractivity contribution in [3.05, 3.63) is 35.4 Å². The fraction of sp³-hybridized carbons (Fsp3) is 0.625. The van der Waals surface area contributed by atoms with E-state index in [2.05, 4.69) is 36.5 Å². The van der Waals surface area contributed by atoms with E-state index in [1.165, 1.54) is 30.4 Å². The Balaban J connectivity index is 1.44. The summed E-state index contributed by atoms with van der Waals surface area (Å²) in [4.78, 5) is 0. The number of hydrogen-bond acceptors (Lipinski definition) is 2. The van der Waals surface area contributed by atoms with Crippen molar-refractivity contribution in [1.29, 1.82) is 0 Å². The van der Waals surface area contributed by atoms with E-state index >= 15 is 0 Å². The van der Waals surface area contributed by atoms with E-state index in [1.807, 2.05) is 0 Å². The molecule has 2 nitrogen and oxygen atoms in total. The molecule has 2 N–H and O–H groups in total. The molecule has 0 atom stereocenters. The quantitative estimate of drug-likeness (QED) is 0.855. The highest BCUT2D eigenvalue weighted by Gasteiger charge is 2.37. The van der Waals surface area contributed by atoms with Crippen LogP contribution in [-0.2, 0) is 0 Å². The van der Waals surface area contributed by atoms with Crippen LogP contribution in [0, 0.1) is 6.92 Å². The normalized spacial score (nSPS) is 29.4.